The Balaban J connectivity index is 1.53. The molecule has 2 atom stereocenters. The first-order valence-electron chi connectivity index (χ1n) is 12.9. The number of benzene rings is 2. The number of cyclic esters (lactones) is 1. The zero-order chi connectivity index (χ0) is 26.4. The Morgan fingerprint density at radius 1 is 0.889 bits per heavy atom. The first-order valence-corrected chi connectivity index (χ1v) is 12.9. The molecule has 2 aliphatic heterocycles. The molecule has 0 N–H and O–H groups in total. The molecular weight excluding hydrogens is 454 g/mol. The van der Waals surface area contributed by atoms with Gasteiger partial charge in [0, 0.05) is 18.9 Å². The van der Waals surface area contributed by atoms with Crippen LogP contribution in [-0.4, -0.2) is 55.6 Å². The maximum Gasteiger partial charge on any atom is 0.410 e. The van der Waals surface area contributed by atoms with Gasteiger partial charge in [0.15, 0.2) is 6.10 Å². The Hall–Kier alpha value is -2.73. The lowest BCUT2D eigenvalue weighted by Gasteiger charge is -2.31. The average Bonchev–Trinajstić information content (AvgIpc) is 3.51. The van der Waals surface area contributed by atoms with E-state index in [0.717, 1.165) is 46.8 Å². The molecule has 2 fully saturated rings. The Morgan fingerprint density at radius 3 is 1.83 bits per heavy atom. The van der Waals surface area contributed by atoms with Crippen LogP contribution in [-0.2, 0) is 14.9 Å². The highest BCUT2D eigenvalue weighted by molar-refractivity contribution is 5.69. The molecule has 2 aromatic carbocycles. The molecule has 1 amide bonds. The van der Waals surface area contributed by atoms with Gasteiger partial charge in [-0.05, 0) is 74.9 Å². The maximum atomic E-state index is 11.6. The van der Waals surface area contributed by atoms with Crippen molar-refractivity contribution in [3.05, 3.63) is 57.6 Å². The van der Waals surface area contributed by atoms with Crippen molar-refractivity contribution in [1.82, 2.24) is 4.90 Å². The van der Waals surface area contributed by atoms with Crippen LogP contribution in [0.5, 0.6) is 11.5 Å². The zero-order valence-corrected chi connectivity index (χ0v) is 23.3. The molecule has 2 aromatic rings. The van der Waals surface area contributed by atoms with E-state index in [1.54, 1.807) is 11.9 Å². The van der Waals surface area contributed by atoms with Gasteiger partial charge in [-0.15, -0.1) is 0 Å². The molecule has 196 valence electrons. The largest absolute Gasteiger partial charge is 0.489 e. The maximum absolute atomic E-state index is 11.6. The lowest BCUT2D eigenvalue weighted by molar-refractivity contribution is 0.0877. The van der Waals surface area contributed by atoms with Crippen molar-refractivity contribution in [2.24, 2.45) is 0 Å². The van der Waals surface area contributed by atoms with Gasteiger partial charge in [-0.3, -0.25) is 0 Å². The minimum absolute atomic E-state index is 0.205. The van der Waals surface area contributed by atoms with E-state index in [-0.39, 0.29) is 23.2 Å². The molecule has 2 aliphatic rings. The Labute approximate surface area is 215 Å². The second kappa shape index (κ2) is 9.62. The molecule has 0 radical (unpaired) electrons. The third-order valence-corrected chi connectivity index (χ3v) is 7.33. The lowest BCUT2D eigenvalue weighted by atomic mass is 9.76. The van der Waals surface area contributed by atoms with E-state index < -0.39 is 0 Å². The smallest absolute Gasteiger partial charge is 0.410 e. The van der Waals surface area contributed by atoms with E-state index in [9.17, 15) is 4.79 Å². The number of carbonyl (C=O) groups excluding carboxylic acids is 1. The number of hydrogen-bond donors (Lipinski definition) is 0. The number of ether oxygens (including phenoxy) is 4. The van der Waals surface area contributed by atoms with Crippen LogP contribution < -0.4 is 9.47 Å². The van der Waals surface area contributed by atoms with Crippen molar-refractivity contribution in [3.63, 3.8) is 0 Å². The number of carbonyl (C=O) groups is 1. The number of amides is 1. The molecule has 2 saturated heterocycles. The van der Waals surface area contributed by atoms with Gasteiger partial charge in [0.05, 0.1) is 19.3 Å². The van der Waals surface area contributed by atoms with Crippen LogP contribution in [0.15, 0.2) is 24.3 Å². The van der Waals surface area contributed by atoms with E-state index in [4.69, 9.17) is 18.9 Å². The first kappa shape index (κ1) is 26.3. The Bertz CT molecular complexity index is 1100. The Morgan fingerprint density at radius 2 is 1.39 bits per heavy atom. The van der Waals surface area contributed by atoms with Crippen molar-refractivity contribution in [3.8, 4) is 11.5 Å². The van der Waals surface area contributed by atoms with Crippen LogP contribution in [0.4, 0.5) is 4.79 Å². The van der Waals surface area contributed by atoms with Crippen LogP contribution in [0.1, 0.15) is 67.5 Å². The third-order valence-electron chi connectivity index (χ3n) is 7.33. The van der Waals surface area contributed by atoms with Gasteiger partial charge >= 0.3 is 6.09 Å². The number of epoxide rings is 1. The van der Waals surface area contributed by atoms with Crippen LogP contribution in [0.2, 0.25) is 0 Å². The average molecular weight is 496 g/mol. The van der Waals surface area contributed by atoms with Crippen LogP contribution in [0.3, 0.4) is 0 Å². The number of hydrogen-bond acceptors (Lipinski definition) is 5. The van der Waals surface area contributed by atoms with E-state index >= 15 is 0 Å². The normalized spacial score (nSPS) is 19.9. The summed E-state index contributed by atoms with van der Waals surface area (Å²) in [6, 6.07) is 8.93. The van der Waals surface area contributed by atoms with E-state index in [0.29, 0.717) is 19.3 Å². The van der Waals surface area contributed by atoms with Crippen molar-refractivity contribution >= 4 is 6.09 Å². The lowest BCUT2D eigenvalue weighted by Crippen LogP contribution is -2.31. The third kappa shape index (κ3) is 5.64. The Kier molecular flexibility index (Phi) is 7.04. The predicted octanol–water partition coefficient (Wildman–Crippen LogP) is 6.02. The van der Waals surface area contributed by atoms with Crippen molar-refractivity contribution in [1.29, 1.82) is 0 Å². The van der Waals surface area contributed by atoms with Gasteiger partial charge in [-0.1, -0.05) is 38.1 Å². The molecule has 0 bridgehead atoms. The summed E-state index contributed by atoms with van der Waals surface area (Å²) in [4.78, 5) is 13.2. The molecule has 0 spiro atoms. The summed E-state index contributed by atoms with van der Waals surface area (Å²) in [5.74, 6) is 1.83. The minimum atomic E-state index is -0.295. The molecule has 0 saturated carbocycles. The van der Waals surface area contributed by atoms with Crippen molar-refractivity contribution in [2.75, 3.05) is 26.8 Å². The number of rotatable bonds is 9. The van der Waals surface area contributed by atoms with E-state index in [1.807, 2.05) is 0 Å². The van der Waals surface area contributed by atoms with E-state index in [2.05, 4.69) is 79.7 Å². The fourth-order valence-corrected chi connectivity index (χ4v) is 5.14. The molecule has 36 heavy (non-hydrogen) atoms. The molecule has 6 nitrogen and oxygen atoms in total. The van der Waals surface area contributed by atoms with Gasteiger partial charge in [0.1, 0.15) is 23.7 Å². The fraction of sp³-hybridized carbons (Fsp3) is 0.567. The molecular formula is C30H41NO5. The summed E-state index contributed by atoms with van der Waals surface area (Å²) in [7, 11) is 1.74. The summed E-state index contributed by atoms with van der Waals surface area (Å²) < 4.78 is 23.4. The summed E-state index contributed by atoms with van der Waals surface area (Å²) >= 11 is 0. The van der Waals surface area contributed by atoms with Gasteiger partial charge in [0.25, 0.3) is 0 Å². The highest BCUT2D eigenvalue weighted by Gasteiger charge is 2.34. The molecule has 0 aliphatic carbocycles. The van der Waals surface area contributed by atoms with Gasteiger partial charge in [-0.2, -0.15) is 0 Å². The summed E-state index contributed by atoms with van der Waals surface area (Å²) in [6.07, 6.45) is 0.681. The van der Waals surface area contributed by atoms with Crippen LogP contribution in [0, 0.1) is 27.7 Å². The molecule has 0 aromatic heterocycles. The summed E-state index contributed by atoms with van der Waals surface area (Å²) in [5.41, 5.74) is 6.45. The second-order valence-electron chi connectivity index (χ2n) is 11.7. The van der Waals surface area contributed by atoms with Crippen LogP contribution in [0.25, 0.3) is 0 Å². The van der Waals surface area contributed by atoms with Gasteiger partial charge in [0.2, 0.25) is 0 Å². The molecule has 2 heterocycles. The van der Waals surface area contributed by atoms with Crippen molar-refractivity contribution < 1.29 is 23.7 Å². The predicted molar refractivity (Wildman–Crippen MR) is 141 cm³/mol. The fourth-order valence-electron chi connectivity index (χ4n) is 5.14. The highest BCUT2D eigenvalue weighted by atomic mass is 16.6. The molecule has 4 rings (SSSR count). The standard InChI is InChI=1S/C30H41NO5/c1-18-10-22(11-19(2)26(18)34-17-25-15-31(9)28(32)35-25)30(7,8)23-12-20(3)27(21(4)13-23)36-29(5,6)14-24-16-33-24/h10-13,24-25H,14-17H2,1-9H3. The molecule has 2 unspecified atom stereocenters. The zero-order valence-electron chi connectivity index (χ0n) is 23.3. The highest BCUT2D eigenvalue weighted by Crippen LogP contribution is 2.40. The summed E-state index contributed by atoms with van der Waals surface area (Å²) in [5, 5.41) is 0. The first-order chi connectivity index (χ1) is 16.8. The summed E-state index contributed by atoms with van der Waals surface area (Å²) in [6.45, 7) is 18.9. The van der Waals surface area contributed by atoms with Gasteiger partial charge in [-0.25, -0.2) is 4.79 Å². The topological polar surface area (TPSA) is 60.5 Å². The monoisotopic (exact) mass is 495 g/mol. The SMILES string of the molecule is Cc1cc(C(C)(C)c2cc(C)c(OC(C)(C)CC3CO3)c(C)c2)cc(C)c1OCC1CN(C)C(=O)O1. The second-order valence-corrected chi connectivity index (χ2v) is 11.7. The number of aryl methyl sites for hydroxylation is 4. The number of likely N-dealkylation sites (N-methyl/N-ethyl adjacent to an activating group) is 1. The quantitative estimate of drug-likeness (QED) is 0.398. The minimum Gasteiger partial charge on any atom is -0.489 e. The van der Waals surface area contributed by atoms with Crippen molar-refractivity contribution in [2.45, 2.75) is 85.0 Å². The van der Waals surface area contributed by atoms with E-state index in [1.165, 1.54) is 11.1 Å². The number of nitrogens with zero attached hydrogens (tertiary/aromatic N) is 1. The van der Waals surface area contributed by atoms with Gasteiger partial charge < -0.3 is 23.8 Å². The van der Waals surface area contributed by atoms with Crippen LogP contribution >= 0.6 is 0 Å². The molecule has 6 heteroatoms.